The molecule has 1 saturated heterocycles. The second-order valence-corrected chi connectivity index (χ2v) is 6.79. The molecule has 0 spiro atoms. The molecule has 0 aromatic heterocycles. The number of nitrogens with zero attached hydrogens (tertiary/aromatic N) is 1. The Labute approximate surface area is 122 Å². The Morgan fingerprint density at radius 3 is 2.90 bits per heavy atom. The van der Waals surface area contributed by atoms with Crippen LogP contribution in [0.3, 0.4) is 0 Å². The highest BCUT2D eigenvalue weighted by Gasteiger charge is 2.33. The zero-order chi connectivity index (χ0) is 15.6. The molecule has 1 unspecified atom stereocenters. The Balaban J connectivity index is 2.26. The summed E-state index contributed by atoms with van der Waals surface area (Å²) in [6, 6.07) is 3.87. The lowest BCUT2D eigenvalue weighted by atomic mass is 10.2. The average Bonchev–Trinajstić information content (AvgIpc) is 2.41. The van der Waals surface area contributed by atoms with Gasteiger partial charge in [0.25, 0.3) is 0 Å². The number of halogens is 1. The van der Waals surface area contributed by atoms with Crippen LogP contribution < -0.4 is 0 Å². The fourth-order valence-corrected chi connectivity index (χ4v) is 3.78. The van der Waals surface area contributed by atoms with Crippen LogP contribution in [0.25, 0.3) is 0 Å². The van der Waals surface area contributed by atoms with Crippen LogP contribution >= 0.6 is 0 Å². The quantitative estimate of drug-likeness (QED) is 0.895. The maximum absolute atomic E-state index is 13.8. The predicted molar refractivity (Wildman–Crippen MR) is 71.9 cm³/mol. The van der Waals surface area contributed by atoms with Crippen molar-refractivity contribution in [3.63, 3.8) is 0 Å². The Hall–Kier alpha value is -1.51. The minimum absolute atomic E-state index is 0.0752. The van der Waals surface area contributed by atoms with Gasteiger partial charge in [-0.25, -0.2) is 12.8 Å². The fraction of sp³-hybridized carbons (Fsp3) is 0.462. The van der Waals surface area contributed by atoms with E-state index < -0.39 is 32.8 Å². The Morgan fingerprint density at radius 2 is 2.24 bits per heavy atom. The molecule has 1 fully saturated rings. The first-order chi connectivity index (χ1) is 9.80. The van der Waals surface area contributed by atoms with Gasteiger partial charge in [-0.05, 0) is 24.6 Å². The van der Waals surface area contributed by atoms with E-state index in [1.165, 1.54) is 12.1 Å². The lowest BCUT2D eigenvalue weighted by Crippen LogP contribution is -2.46. The number of benzene rings is 1. The Morgan fingerprint density at radius 1 is 1.52 bits per heavy atom. The molecule has 1 aliphatic heterocycles. The smallest absolute Gasteiger partial charge is 0.306 e. The second kappa shape index (κ2) is 6.08. The number of hydrogen-bond acceptors (Lipinski definition) is 4. The summed E-state index contributed by atoms with van der Waals surface area (Å²) in [5.41, 5.74) is 0.630. The van der Waals surface area contributed by atoms with E-state index in [9.17, 15) is 17.6 Å². The highest BCUT2D eigenvalue weighted by atomic mass is 32.2. The van der Waals surface area contributed by atoms with E-state index in [4.69, 9.17) is 9.84 Å². The van der Waals surface area contributed by atoms with Crippen molar-refractivity contribution >= 4 is 16.0 Å². The normalized spacial score (nSPS) is 20.4. The number of aliphatic carboxylic acids is 1. The zero-order valence-electron chi connectivity index (χ0n) is 11.5. The summed E-state index contributed by atoms with van der Waals surface area (Å²) in [7, 11) is -4.00. The van der Waals surface area contributed by atoms with Gasteiger partial charge >= 0.3 is 5.97 Å². The lowest BCUT2D eigenvalue weighted by Gasteiger charge is -2.31. The van der Waals surface area contributed by atoms with E-state index in [1.807, 2.05) is 0 Å². The maximum Gasteiger partial charge on any atom is 0.306 e. The standard InChI is InChI=1S/C13H16FNO5S/c1-9-2-3-11(14)12(6-9)21(18,19)15-4-5-20-10(8-15)7-13(16)17/h2-3,6,10H,4-5,7-8H2,1H3,(H,16,17). The third kappa shape index (κ3) is 3.58. The molecule has 1 N–H and O–H groups in total. The van der Waals surface area contributed by atoms with E-state index in [1.54, 1.807) is 6.92 Å². The summed E-state index contributed by atoms with van der Waals surface area (Å²) in [4.78, 5) is 10.3. The van der Waals surface area contributed by atoms with E-state index in [2.05, 4.69) is 0 Å². The number of hydrogen-bond donors (Lipinski definition) is 1. The van der Waals surface area contributed by atoms with Crippen LogP contribution in [-0.4, -0.2) is 49.6 Å². The molecular weight excluding hydrogens is 301 g/mol. The molecule has 0 radical (unpaired) electrons. The van der Waals surface area contributed by atoms with Crippen molar-refractivity contribution in [1.82, 2.24) is 4.31 Å². The summed E-state index contributed by atoms with van der Waals surface area (Å²) in [6.07, 6.45) is -1.01. The molecule has 116 valence electrons. The summed E-state index contributed by atoms with van der Waals surface area (Å²) < 4.78 is 45.0. The Kier molecular flexibility index (Phi) is 4.60. The van der Waals surface area contributed by atoms with Gasteiger partial charge in [0.2, 0.25) is 10.0 Å². The minimum Gasteiger partial charge on any atom is -0.481 e. The molecular formula is C13H16FNO5S. The van der Waals surface area contributed by atoms with E-state index in [-0.39, 0.29) is 26.1 Å². The van der Waals surface area contributed by atoms with Crippen LogP contribution in [0.4, 0.5) is 4.39 Å². The van der Waals surface area contributed by atoms with Gasteiger partial charge in [-0.15, -0.1) is 0 Å². The molecule has 6 nitrogen and oxygen atoms in total. The molecule has 21 heavy (non-hydrogen) atoms. The van der Waals surface area contributed by atoms with Crippen molar-refractivity contribution in [2.45, 2.75) is 24.3 Å². The largest absolute Gasteiger partial charge is 0.481 e. The van der Waals surface area contributed by atoms with Gasteiger partial charge in [-0.3, -0.25) is 4.79 Å². The van der Waals surface area contributed by atoms with Crippen LogP contribution in [0.2, 0.25) is 0 Å². The molecule has 2 rings (SSSR count). The SMILES string of the molecule is Cc1ccc(F)c(S(=O)(=O)N2CCOC(CC(=O)O)C2)c1. The number of carboxylic acids is 1. The van der Waals surface area contributed by atoms with Gasteiger partial charge in [-0.1, -0.05) is 6.07 Å². The van der Waals surface area contributed by atoms with E-state index in [0.717, 1.165) is 10.4 Å². The summed E-state index contributed by atoms with van der Waals surface area (Å²) in [6.45, 7) is 1.74. The van der Waals surface area contributed by atoms with Gasteiger partial charge in [0.1, 0.15) is 10.7 Å². The molecule has 1 heterocycles. The molecule has 1 aliphatic rings. The zero-order valence-corrected chi connectivity index (χ0v) is 12.3. The molecule has 1 aromatic carbocycles. The van der Waals surface area contributed by atoms with Crippen molar-refractivity contribution in [3.05, 3.63) is 29.6 Å². The third-order valence-corrected chi connectivity index (χ3v) is 5.09. The monoisotopic (exact) mass is 317 g/mol. The lowest BCUT2D eigenvalue weighted by molar-refractivity contribution is -0.141. The van der Waals surface area contributed by atoms with Crippen molar-refractivity contribution in [2.75, 3.05) is 19.7 Å². The van der Waals surface area contributed by atoms with Gasteiger partial charge in [-0.2, -0.15) is 4.31 Å². The summed E-state index contributed by atoms with van der Waals surface area (Å²) in [5, 5.41) is 8.74. The van der Waals surface area contributed by atoms with Crippen molar-refractivity contribution in [3.8, 4) is 0 Å². The molecule has 8 heteroatoms. The van der Waals surface area contributed by atoms with Crippen LogP contribution in [-0.2, 0) is 19.6 Å². The minimum atomic E-state index is -4.00. The van der Waals surface area contributed by atoms with Crippen molar-refractivity contribution < 1.29 is 27.4 Å². The van der Waals surface area contributed by atoms with Crippen LogP contribution in [0.15, 0.2) is 23.1 Å². The number of ether oxygens (including phenoxy) is 1. The topological polar surface area (TPSA) is 83.9 Å². The summed E-state index contributed by atoms with van der Waals surface area (Å²) >= 11 is 0. The van der Waals surface area contributed by atoms with E-state index >= 15 is 0 Å². The van der Waals surface area contributed by atoms with Gasteiger partial charge in [0, 0.05) is 13.1 Å². The number of carbonyl (C=O) groups is 1. The molecule has 0 saturated carbocycles. The number of rotatable bonds is 4. The average molecular weight is 317 g/mol. The molecule has 0 amide bonds. The highest BCUT2D eigenvalue weighted by Crippen LogP contribution is 2.23. The first kappa shape index (κ1) is 15.9. The molecule has 0 aliphatic carbocycles. The predicted octanol–water partition coefficient (Wildman–Crippen LogP) is 0.998. The fourth-order valence-electron chi connectivity index (χ4n) is 2.18. The summed E-state index contributed by atoms with van der Waals surface area (Å²) in [5.74, 6) is -1.89. The van der Waals surface area contributed by atoms with Gasteiger partial charge in [0.05, 0.1) is 19.1 Å². The number of sulfonamides is 1. The van der Waals surface area contributed by atoms with E-state index in [0.29, 0.717) is 5.56 Å². The van der Waals surface area contributed by atoms with Gasteiger partial charge < -0.3 is 9.84 Å². The first-order valence-corrected chi connectivity index (χ1v) is 7.84. The third-order valence-electron chi connectivity index (χ3n) is 3.21. The van der Waals surface area contributed by atoms with Crippen molar-refractivity contribution in [1.29, 1.82) is 0 Å². The van der Waals surface area contributed by atoms with Crippen LogP contribution in [0.5, 0.6) is 0 Å². The maximum atomic E-state index is 13.8. The van der Waals surface area contributed by atoms with Crippen LogP contribution in [0.1, 0.15) is 12.0 Å². The second-order valence-electron chi connectivity index (χ2n) is 4.89. The highest BCUT2D eigenvalue weighted by molar-refractivity contribution is 7.89. The van der Waals surface area contributed by atoms with Crippen molar-refractivity contribution in [2.24, 2.45) is 0 Å². The number of morpholine rings is 1. The molecule has 1 atom stereocenters. The Bertz CT molecular complexity index is 646. The number of aryl methyl sites for hydroxylation is 1. The molecule has 0 bridgehead atoms. The first-order valence-electron chi connectivity index (χ1n) is 6.40. The number of carboxylic acid groups (broad SMARTS) is 1. The van der Waals surface area contributed by atoms with Gasteiger partial charge in [0.15, 0.2) is 0 Å². The molecule has 1 aromatic rings. The van der Waals surface area contributed by atoms with Crippen LogP contribution in [0, 0.1) is 12.7 Å².